The Bertz CT molecular complexity index is 154. The van der Waals surface area contributed by atoms with Crippen molar-refractivity contribution in [2.24, 2.45) is 0 Å². The summed E-state index contributed by atoms with van der Waals surface area (Å²) in [6.07, 6.45) is 1.16. The third kappa shape index (κ3) is 8.20. The van der Waals surface area contributed by atoms with Crippen LogP contribution in [-0.2, 0) is 10.0 Å². The average molecular weight is 171 g/mol. The van der Waals surface area contributed by atoms with Crippen LogP contribution >= 0.6 is 11.6 Å². The Morgan fingerprint density at radius 1 is 1.33 bits per heavy atom. The standard InChI is InChI=1S/C4H9ClNO2S/c5-3-1-2-4-9(6,7)8/h6H,1-4H2. The van der Waals surface area contributed by atoms with Crippen LogP contribution in [0.5, 0.6) is 0 Å². The topological polar surface area (TPSA) is 57.9 Å². The Kier molecular flexibility index (Phi) is 4.18. The molecule has 3 nitrogen and oxygen atoms in total. The molecule has 0 rings (SSSR count). The molecule has 0 spiro atoms. The normalized spacial score (nSPS) is 11.8. The zero-order valence-electron chi connectivity index (χ0n) is 4.93. The number of alkyl halides is 1. The van der Waals surface area contributed by atoms with E-state index < -0.39 is 10.0 Å². The van der Waals surface area contributed by atoms with E-state index in [1.54, 1.807) is 0 Å². The Morgan fingerprint density at radius 2 is 1.89 bits per heavy atom. The molecule has 55 valence electrons. The first-order chi connectivity index (χ1) is 4.06. The Morgan fingerprint density at radius 3 is 2.22 bits per heavy atom. The zero-order chi connectivity index (χ0) is 7.33. The molecule has 1 radical (unpaired) electrons. The minimum Gasteiger partial charge on any atom is -0.211 e. The highest BCUT2D eigenvalue weighted by Crippen LogP contribution is 1.94. The summed E-state index contributed by atoms with van der Waals surface area (Å²) in [5.41, 5.74) is 0. The second-order valence-corrected chi connectivity index (χ2v) is 3.73. The first kappa shape index (κ1) is 9.20. The second kappa shape index (κ2) is 4.09. The van der Waals surface area contributed by atoms with Crippen molar-refractivity contribution in [1.82, 2.24) is 5.14 Å². The number of hydrogen-bond acceptors (Lipinski definition) is 2. The van der Waals surface area contributed by atoms with Crippen LogP contribution in [0.25, 0.3) is 0 Å². The van der Waals surface area contributed by atoms with Crippen LogP contribution in [0.15, 0.2) is 0 Å². The van der Waals surface area contributed by atoms with Gasteiger partial charge in [-0.15, -0.1) is 16.7 Å². The van der Waals surface area contributed by atoms with Gasteiger partial charge in [0.15, 0.2) is 0 Å². The van der Waals surface area contributed by atoms with Gasteiger partial charge in [-0.1, -0.05) is 0 Å². The van der Waals surface area contributed by atoms with Crippen molar-refractivity contribution < 1.29 is 8.42 Å². The highest BCUT2D eigenvalue weighted by molar-refractivity contribution is 7.88. The van der Waals surface area contributed by atoms with Crippen molar-refractivity contribution in [1.29, 1.82) is 0 Å². The molecule has 0 aromatic heterocycles. The molecule has 0 amide bonds. The van der Waals surface area contributed by atoms with Crippen LogP contribution in [0.3, 0.4) is 0 Å². The molecule has 0 unspecified atom stereocenters. The first-order valence-electron chi connectivity index (χ1n) is 2.59. The van der Waals surface area contributed by atoms with Gasteiger partial charge < -0.3 is 0 Å². The number of rotatable bonds is 4. The molecule has 5 heteroatoms. The maximum atomic E-state index is 10.1. The van der Waals surface area contributed by atoms with E-state index >= 15 is 0 Å². The molecule has 1 N–H and O–H groups in total. The quantitative estimate of drug-likeness (QED) is 0.459. The second-order valence-electron chi connectivity index (χ2n) is 1.71. The highest BCUT2D eigenvalue weighted by Gasteiger charge is 2.00. The lowest BCUT2D eigenvalue weighted by atomic mass is 10.4. The molecule has 0 heterocycles. The smallest absolute Gasteiger partial charge is 0.211 e. The minimum absolute atomic E-state index is 0.0697. The molecule has 0 aliphatic carbocycles. The molecule has 0 atom stereocenters. The van der Waals surface area contributed by atoms with E-state index in [0.717, 1.165) is 0 Å². The summed E-state index contributed by atoms with van der Waals surface area (Å²) in [6, 6.07) is 0. The fourth-order valence-corrected chi connectivity index (χ4v) is 1.16. The van der Waals surface area contributed by atoms with Crippen molar-refractivity contribution in [3.8, 4) is 0 Å². The molecular formula is C4H9ClNO2S. The van der Waals surface area contributed by atoms with Gasteiger partial charge in [-0.25, -0.2) is 8.42 Å². The van der Waals surface area contributed by atoms with Gasteiger partial charge in [0, 0.05) is 5.88 Å². The lowest BCUT2D eigenvalue weighted by Gasteiger charge is -1.92. The van der Waals surface area contributed by atoms with Crippen molar-refractivity contribution in [3.63, 3.8) is 0 Å². The average Bonchev–Trinajstić information content (AvgIpc) is 1.63. The summed E-state index contributed by atoms with van der Waals surface area (Å²) in [5.74, 6) is 0.398. The van der Waals surface area contributed by atoms with Gasteiger partial charge in [0.2, 0.25) is 10.0 Å². The zero-order valence-corrected chi connectivity index (χ0v) is 6.50. The van der Waals surface area contributed by atoms with E-state index in [4.69, 9.17) is 16.7 Å². The van der Waals surface area contributed by atoms with Crippen LogP contribution in [-0.4, -0.2) is 20.1 Å². The van der Waals surface area contributed by atoms with Crippen molar-refractivity contribution in [2.75, 3.05) is 11.6 Å². The number of nitrogens with one attached hydrogen (secondary N) is 1. The SMILES string of the molecule is [NH]S(=O)(=O)CCCCCl. The third-order valence-electron chi connectivity index (χ3n) is 0.797. The Hall–Kier alpha value is 0.200. The fraction of sp³-hybridized carbons (Fsp3) is 1.00. The lowest BCUT2D eigenvalue weighted by Crippen LogP contribution is -2.05. The van der Waals surface area contributed by atoms with Gasteiger partial charge in [0.05, 0.1) is 5.75 Å². The van der Waals surface area contributed by atoms with Crippen molar-refractivity contribution in [3.05, 3.63) is 0 Å². The summed E-state index contributed by atoms with van der Waals surface area (Å²) < 4.78 is 20.3. The summed E-state index contributed by atoms with van der Waals surface area (Å²) in [7, 11) is -3.51. The van der Waals surface area contributed by atoms with Gasteiger partial charge in [0.25, 0.3) is 0 Å². The van der Waals surface area contributed by atoms with E-state index in [1.807, 2.05) is 0 Å². The first-order valence-corrected chi connectivity index (χ1v) is 4.78. The van der Waals surface area contributed by atoms with Crippen molar-refractivity contribution in [2.45, 2.75) is 12.8 Å². The minimum atomic E-state index is -3.51. The van der Waals surface area contributed by atoms with Gasteiger partial charge in [-0.3, -0.25) is 0 Å². The van der Waals surface area contributed by atoms with E-state index in [2.05, 4.69) is 0 Å². The summed E-state index contributed by atoms with van der Waals surface area (Å²) >= 11 is 5.27. The Labute approximate surface area is 60.2 Å². The van der Waals surface area contributed by atoms with E-state index in [0.29, 0.717) is 18.7 Å². The number of hydrogen-bond donors (Lipinski definition) is 0. The van der Waals surface area contributed by atoms with Gasteiger partial charge >= 0.3 is 0 Å². The maximum absolute atomic E-state index is 10.1. The summed E-state index contributed by atoms with van der Waals surface area (Å²) in [6.45, 7) is 0. The largest absolute Gasteiger partial charge is 0.225 e. The molecule has 0 aliphatic rings. The molecule has 9 heavy (non-hydrogen) atoms. The lowest BCUT2D eigenvalue weighted by molar-refractivity contribution is 0.593. The van der Waals surface area contributed by atoms with E-state index in [9.17, 15) is 8.42 Å². The fourth-order valence-electron chi connectivity index (χ4n) is 0.387. The third-order valence-corrected chi connectivity index (χ3v) is 1.89. The summed E-state index contributed by atoms with van der Waals surface area (Å²) in [4.78, 5) is 0. The van der Waals surface area contributed by atoms with E-state index in [1.165, 1.54) is 0 Å². The molecular weight excluding hydrogens is 162 g/mol. The molecule has 0 aliphatic heterocycles. The van der Waals surface area contributed by atoms with Crippen LogP contribution in [0.4, 0.5) is 0 Å². The van der Waals surface area contributed by atoms with E-state index in [-0.39, 0.29) is 5.75 Å². The summed E-state index contributed by atoms with van der Waals surface area (Å²) in [5, 5.41) is 6.44. The molecule has 0 fully saturated rings. The monoisotopic (exact) mass is 170 g/mol. The van der Waals surface area contributed by atoms with Crippen LogP contribution in [0.2, 0.25) is 0 Å². The molecule has 0 saturated heterocycles. The molecule has 0 aromatic carbocycles. The number of unbranched alkanes of at least 4 members (excludes halogenated alkanes) is 1. The molecule has 0 bridgehead atoms. The van der Waals surface area contributed by atoms with Gasteiger partial charge in [-0.05, 0) is 12.8 Å². The van der Waals surface area contributed by atoms with Crippen molar-refractivity contribution >= 4 is 21.6 Å². The molecule has 0 aromatic rings. The number of sulfonamides is 1. The highest BCUT2D eigenvalue weighted by atomic mass is 35.5. The Balaban J connectivity index is 3.30. The predicted molar refractivity (Wildman–Crippen MR) is 36.8 cm³/mol. The van der Waals surface area contributed by atoms with Gasteiger partial charge in [0.1, 0.15) is 0 Å². The molecule has 0 saturated carbocycles. The number of halogens is 1. The van der Waals surface area contributed by atoms with Crippen LogP contribution < -0.4 is 5.14 Å². The van der Waals surface area contributed by atoms with Crippen LogP contribution in [0.1, 0.15) is 12.8 Å². The van der Waals surface area contributed by atoms with Crippen LogP contribution in [0, 0.1) is 0 Å². The maximum Gasteiger partial charge on any atom is 0.225 e. The van der Waals surface area contributed by atoms with Gasteiger partial charge in [-0.2, -0.15) is 0 Å². The predicted octanol–water partition coefficient (Wildman–Crippen LogP) is 0.618.